The predicted octanol–water partition coefficient (Wildman–Crippen LogP) is 0.463. The second-order valence-corrected chi connectivity index (χ2v) is 1.54. The van der Waals surface area contributed by atoms with E-state index in [9.17, 15) is 14.7 Å². The number of ether oxygens (including phenoxy) is 2. The summed E-state index contributed by atoms with van der Waals surface area (Å²) in [6, 6.07) is 0. The topological polar surface area (TPSA) is 72.5 Å². The van der Waals surface area contributed by atoms with Gasteiger partial charge in [-0.05, 0) is 0 Å². The molecule has 0 aliphatic rings. The molecule has 0 spiro atoms. The molecule has 0 saturated carbocycles. The highest BCUT2D eigenvalue weighted by Crippen LogP contribution is 1.93. The highest BCUT2D eigenvalue weighted by atomic mass is 16.8. The molecule has 10 heavy (non-hydrogen) atoms. The Balaban J connectivity index is 3.53. The van der Waals surface area contributed by atoms with Crippen LogP contribution in [0.4, 0.5) is 4.79 Å². The average Bonchev–Trinajstić information content (AvgIpc) is 1.58. The van der Waals surface area contributed by atoms with Crippen LogP contribution in [-0.4, -0.2) is 18.4 Å². The first kappa shape index (κ1) is 8.74. The lowest BCUT2D eigenvalue weighted by atomic mass is 10.7. The van der Waals surface area contributed by atoms with E-state index in [4.69, 9.17) is 0 Å². The number of carbonyl (C=O) groups excluding carboxylic acids is 2. The van der Waals surface area contributed by atoms with Crippen LogP contribution >= 0.6 is 0 Å². The van der Waals surface area contributed by atoms with Gasteiger partial charge >= 0.3 is 12.1 Å². The van der Waals surface area contributed by atoms with E-state index in [-0.39, 0.29) is 0 Å². The quantitative estimate of drug-likeness (QED) is 0.420. The third-order valence-electron chi connectivity index (χ3n) is 0.594. The largest absolute Gasteiger partial charge is 0.553 e. The van der Waals surface area contributed by atoms with Crippen LogP contribution in [0.1, 0.15) is 13.8 Å². The molecule has 0 aromatic rings. The molecule has 1 atom stereocenters. The van der Waals surface area contributed by atoms with Gasteiger partial charge in [0, 0.05) is 13.8 Å². The van der Waals surface area contributed by atoms with Crippen LogP contribution in [0.2, 0.25) is 0 Å². The molecule has 5 nitrogen and oxygen atoms in total. The van der Waals surface area contributed by atoms with E-state index in [1.807, 2.05) is 0 Å². The third-order valence-corrected chi connectivity index (χ3v) is 0.594. The average molecular weight is 147 g/mol. The van der Waals surface area contributed by atoms with Gasteiger partial charge in [-0.1, -0.05) is 0 Å². The minimum Gasteiger partial charge on any atom is -0.426 e. The van der Waals surface area contributed by atoms with Crippen molar-refractivity contribution in [2.24, 2.45) is 0 Å². The Hall–Kier alpha value is -1.26. The van der Waals surface area contributed by atoms with E-state index < -0.39 is 18.4 Å². The van der Waals surface area contributed by atoms with Gasteiger partial charge in [0.2, 0.25) is 6.29 Å². The molecule has 0 heterocycles. The van der Waals surface area contributed by atoms with Crippen molar-refractivity contribution in [1.82, 2.24) is 0 Å². The van der Waals surface area contributed by atoms with Crippen molar-refractivity contribution >= 4 is 12.1 Å². The zero-order chi connectivity index (χ0) is 8.15. The van der Waals surface area contributed by atoms with Gasteiger partial charge in [-0.25, -0.2) is 0 Å². The molecule has 0 fully saturated rings. The molecule has 5 heteroatoms. The molecule has 1 radical (unpaired) electrons. The van der Waals surface area contributed by atoms with Crippen LogP contribution in [0, 0.1) is 0 Å². The Morgan fingerprint density at radius 3 is 2.10 bits per heavy atom. The summed E-state index contributed by atoms with van der Waals surface area (Å²) in [4.78, 5) is 19.8. The predicted molar refractivity (Wildman–Crippen MR) is 28.4 cm³/mol. The van der Waals surface area contributed by atoms with Gasteiger partial charge in [-0.3, -0.25) is 4.79 Å². The highest BCUT2D eigenvalue weighted by molar-refractivity contribution is 5.66. The van der Waals surface area contributed by atoms with E-state index >= 15 is 0 Å². The van der Waals surface area contributed by atoms with Crippen molar-refractivity contribution < 1.29 is 24.2 Å². The first-order chi connectivity index (χ1) is 4.52. The summed E-state index contributed by atoms with van der Waals surface area (Å²) >= 11 is 0. The van der Waals surface area contributed by atoms with Gasteiger partial charge in [0.15, 0.2) is 0 Å². The molecular formula is C5H7O5. The van der Waals surface area contributed by atoms with Gasteiger partial charge in [0.25, 0.3) is 0 Å². The van der Waals surface area contributed by atoms with Crippen LogP contribution in [-0.2, 0) is 19.4 Å². The summed E-state index contributed by atoms with van der Waals surface area (Å²) in [5.74, 6) is -0.603. The fourth-order valence-electron chi connectivity index (χ4n) is 0.393. The second kappa shape index (κ2) is 3.71. The monoisotopic (exact) mass is 147 g/mol. The van der Waals surface area contributed by atoms with Crippen LogP contribution < -0.4 is 0 Å². The summed E-state index contributed by atoms with van der Waals surface area (Å²) < 4.78 is 8.20. The van der Waals surface area contributed by atoms with Crippen molar-refractivity contribution in [3.05, 3.63) is 0 Å². The molecule has 0 bridgehead atoms. The molecule has 0 aromatic heterocycles. The molecule has 0 aromatic carbocycles. The van der Waals surface area contributed by atoms with E-state index in [2.05, 4.69) is 9.47 Å². The molecular weight excluding hydrogens is 140 g/mol. The van der Waals surface area contributed by atoms with Crippen molar-refractivity contribution in [2.45, 2.75) is 20.1 Å². The Kier molecular flexibility index (Phi) is 3.24. The van der Waals surface area contributed by atoms with Gasteiger partial charge in [0.05, 0.1) is 0 Å². The molecule has 0 aliphatic carbocycles. The molecule has 0 N–H and O–H groups in total. The fourth-order valence-corrected chi connectivity index (χ4v) is 0.393. The Morgan fingerprint density at radius 2 is 1.80 bits per heavy atom. The van der Waals surface area contributed by atoms with E-state index in [0.717, 1.165) is 6.92 Å². The molecule has 57 valence electrons. The minimum atomic E-state index is -1.71. The van der Waals surface area contributed by atoms with Crippen molar-refractivity contribution in [2.75, 3.05) is 0 Å². The standard InChI is InChI=1S/C5H7O5/c1-3(6)9-4(2)10-5(7)8/h4H,1-2H3. The lowest BCUT2D eigenvalue weighted by Gasteiger charge is -2.07. The highest BCUT2D eigenvalue weighted by Gasteiger charge is 2.10. The van der Waals surface area contributed by atoms with Crippen LogP contribution in [0.5, 0.6) is 0 Å². The number of hydrogen-bond donors (Lipinski definition) is 0. The van der Waals surface area contributed by atoms with E-state index in [0.29, 0.717) is 0 Å². The fraction of sp³-hybridized carbons (Fsp3) is 0.600. The summed E-state index contributed by atoms with van der Waals surface area (Å²) in [6.07, 6.45) is -2.81. The normalized spacial score (nSPS) is 11.8. The maximum atomic E-state index is 10.1. The number of rotatable bonds is 2. The number of hydrogen-bond acceptors (Lipinski definition) is 4. The first-order valence-corrected chi connectivity index (χ1v) is 2.57. The molecule has 0 amide bonds. The summed E-state index contributed by atoms with van der Waals surface area (Å²) in [7, 11) is 0. The minimum absolute atomic E-state index is 0.603. The van der Waals surface area contributed by atoms with Gasteiger partial charge < -0.3 is 9.47 Å². The maximum Gasteiger partial charge on any atom is 0.553 e. The lowest BCUT2D eigenvalue weighted by Crippen LogP contribution is -2.18. The third kappa shape index (κ3) is 4.89. The van der Waals surface area contributed by atoms with Gasteiger partial charge in [-0.15, -0.1) is 0 Å². The zero-order valence-corrected chi connectivity index (χ0v) is 5.62. The molecule has 1 unspecified atom stereocenters. The molecule has 0 saturated heterocycles. The van der Waals surface area contributed by atoms with Gasteiger partial charge in [-0.2, -0.15) is 9.90 Å². The number of carbonyl (C=O) groups is 2. The van der Waals surface area contributed by atoms with E-state index in [1.54, 1.807) is 0 Å². The Labute approximate surface area is 57.5 Å². The first-order valence-electron chi connectivity index (χ1n) is 2.57. The molecule has 0 rings (SSSR count). The van der Waals surface area contributed by atoms with Gasteiger partial charge in [0.1, 0.15) is 0 Å². The second-order valence-electron chi connectivity index (χ2n) is 1.54. The smallest absolute Gasteiger partial charge is 0.426 e. The van der Waals surface area contributed by atoms with Crippen molar-refractivity contribution in [3.63, 3.8) is 0 Å². The van der Waals surface area contributed by atoms with Crippen LogP contribution in [0.3, 0.4) is 0 Å². The van der Waals surface area contributed by atoms with E-state index in [1.165, 1.54) is 6.92 Å². The summed E-state index contributed by atoms with van der Waals surface area (Å²) in [5, 5.41) is 9.67. The number of esters is 1. The van der Waals surface area contributed by atoms with Crippen molar-refractivity contribution in [1.29, 1.82) is 0 Å². The summed E-state index contributed by atoms with van der Waals surface area (Å²) in [5.41, 5.74) is 0. The zero-order valence-electron chi connectivity index (χ0n) is 5.62. The summed E-state index contributed by atoms with van der Waals surface area (Å²) in [6.45, 7) is 2.42. The Bertz CT molecular complexity index is 125. The Morgan fingerprint density at radius 1 is 1.30 bits per heavy atom. The SMILES string of the molecule is CC(=O)OC(C)OC([O])=O. The van der Waals surface area contributed by atoms with Crippen LogP contribution in [0.25, 0.3) is 0 Å². The lowest BCUT2D eigenvalue weighted by molar-refractivity contribution is -0.165. The van der Waals surface area contributed by atoms with Crippen molar-refractivity contribution in [3.8, 4) is 0 Å². The molecule has 0 aliphatic heterocycles. The van der Waals surface area contributed by atoms with Crippen LogP contribution in [0.15, 0.2) is 0 Å². The maximum absolute atomic E-state index is 10.1.